The van der Waals surface area contributed by atoms with E-state index >= 15 is 0 Å². The Kier molecular flexibility index (Phi) is 31.4. The molecule has 2 aromatic rings. The second kappa shape index (κ2) is 38.4. The maximum atomic E-state index is 14.7. The van der Waals surface area contributed by atoms with Crippen LogP contribution in [0.1, 0.15) is 128 Å². The zero-order valence-corrected chi connectivity index (χ0v) is 54.5. The van der Waals surface area contributed by atoms with Gasteiger partial charge >= 0.3 is 46.2 Å². The van der Waals surface area contributed by atoms with Gasteiger partial charge in [0.2, 0.25) is 59.1 Å². The van der Waals surface area contributed by atoms with E-state index in [1.807, 2.05) is 0 Å². The van der Waals surface area contributed by atoms with Gasteiger partial charge in [0, 0.05) is 58.0 Å². The molecule has 2 heterocycles. The number of likely N-dealkylation sites (tertiary alicyclic amines) is 2. The number of nitrogens with zero attached hydrogens (tertiary/aromatic N) is 2. The summed E-state index contributed by atoms with van der Waals surface area (Å²) in [6, 6.07) is -3.07. The molecule has 11 atom stereocenters. The molecule has 0 saturated carbocycles. The second-order valence-corrected chi connectivity index (χ2v) is 24.4. The Morgan fingerprint density at radius 3 is 1.37 bits per heavy atom. The number of carboxylic acid groups (broad SMARTS) is 6. The monoisotopic (exact) mass is 1400 g/mol. The smallest absolute Gasteiger partial charge is 0.446 e. The molecule has 4 rings (SSSR count). The lowest BCUT2D eigenvalue weighted by atomic mass is 9.96. The highest BCUT2D eigenvalue weighted by Crippen LogP contribution is 2.25. The largest absolute Gasteiger partial charge is 0.481 e. The molecule has 37 heteroatoms. The second-order valence-electron chi connectivity index (χ2n) is 23.4. The first-order valence-corrected chi connectivity index (χ1v) is 32.6. The van der Waals surface area contributed by atoms with Gasteiger partial charge in [0.15, 0.2) is 0 Å². The Morgan fingerprint density at radius 1 is 0.469 bits per heavy atom. The molecule has 2 aromatic carbocycles. The van der Waals surface area contributed by atoms with Crippen LogP contribution in [0.3, 0.4) is 0 Å². The normalized spacial score (nSPS) is 17.0. The van der Waals surface area contributed by atoms with Crippen molar-refractivity contribution >= 4 is 105 Å². The van der Waals surface area contributed by atoms with Crippen LogP contribution in [0.5, 0.6) is 5.75 Å². The summed E-state index contributed by atoms with van der Waals surface area (Å²) in [5, 5.41) is 76.0. The summed E-state index contributed by atoms with van der Waals surface area (Å²) in [4.78, 5) is 212. The van der Waals surface area contributed by atoms with Crippen molar-refractivity contribution in [1.29, 1.82) is 0 Å². The number of amides is 10. The van der Waals surface area contributed by atoms with Gasteiger partial charge in [-0.15, -0.1) is 0 Å². The van der Waals surface area contributed by atoms with E-state index in [-0.39, 0.29) is 62.9 Å². The lowest BCUT2D eigenvalue weighted by Gasteiger charge is -2.34. The van der Waals surface area contributed by atoms with Gasteiger partial charge in [-0.1, -0.05) is 62.7 Å². The Bertz CT molecular complexity index is 3380. The highest BCUT2D eigenvalue weighted by atomic mass is 32.3. The van der Waals surface area contributed by atoms with Crippen LogP contribution in [0.2, 0.25) is 0 Å². The van der Waals surface area contributed by atoms with Gasteiger partial charge in [0.1, 0.15) is 66.2 Å². The molecule has 2 fully saturated rings. The number of benzene rings is 2. The maximum absolute atomic E-state index is 14.7. The molecule has 0 aliphatic carbocycles. The molecule has 98 heavy (non-hydrogen) atoms. The van der Waals surface area contributed by atoms with Gasteiger partial charge in [-0.25, -0.2) is 4.79 Å². The molecule has 2 aliphatic heterocycles. The van der Waals surface area contributed by atoms with Gasteiger partial charge in [-0.05, 0) is 87.5 Å². The van der Waals surface area contributed by atoms with E-state index in [9.17, 15) is 106 Å². The number of rotatable bonds is 41. The molecule has 10 amide bonds. The Labute approximate surface area is 561 Å². The summed E-state index contributed by atoms with van der Waals surface area (Å²) in [6.07, 6.45) is -6.32. The molecule has 36 nitrogen and oxygen atoms in total. The number of nitrogens with one attached hydrogen (secondary N) is 8. The molecule has 0 radical (unpaired) electrons. The van der Waals surface area contributed by atoms with Crippen LogP contribution in [0, 0.1) is 5.92 Å². The first-order chi connectivity index (χ1) is 46.1. The van der Waals surface area contributed by atoms with E-state index in [1.165, 1.54) is 12.1 Å². The number of hydrogen-bond donors (Lipinski definition) is 15. The van der Waals surface area contributed by atoms with Crippen LogP contribution in [0.25, 0.3) is 0 Å². The number of carbonyl (C=O) groups is 16. The minimum Gasteiger partial charge on any atom is -0.481 e. The lowest BCUT2D eigenvalue weighted by molar-refractivity contribution is -0.146. The van der Waals surface area contributed by atoms with Crippen LogP contribution >= 0.6 is 0 Å². The molecule has 2 saturated heterocycles. The molecule has 2 aliphatic rings. The Balaban J connectivity index is 1.54. The average molecular weight is 1400 g/mol. The minimum absolute atomic E-state index is 0.0339. The van der Waals surface area contributed by atoms with E-state index < -0.39 is 242 Å². The van der Waals surface area contributed by atoms with Gasteiger partial charge in [0.25, 0.3) is 0 Å². The predicted octanol–water partition coefficient (Wildman–Crippen LogP) is -2.01. The molecule has 538 valence electrons. The molecule has 0 spiro atoms. The molecular weight excluding hydrogens is 1320 g/mol. The van der Waals surface area contributed by atoms with Crippen molar-refractivity contribution in [1.82, 2.24) is 52.3 Å². The zero-order chi connectivity index (χ0) is 73.1. The third-order valence-electron chi connectivity index (χ3n) is 16.0. The van der Waals surface area contributed by atoms with Crippen molar-refractivity contribution in [2.24, 2.45) is 5.92 Å². The summed E-state index contributed by atoms with van der Waals surface area (Å²) in [6.45, 7) is 4.26. The van der Waals surface area contributed by atoms with Gasteiger partial charge in [-0.3, -0.25) is 76.5 Å². The Morgan fingerprint density at radius 2 is 0.878 bits per heavy atom. The standard InChI is InChI=1S/C61H82N10O26S/c1-4-32(2)51(69-58(89)44-13-8-28-70(44)59(90)39(20-25-48(77)78)66-55(86)41(30-34-10-6-5-7-11-34)63-45(72)22-27-50(81)82)60(91)71-29-9-12-43(71)57(88)65-38(19-24-47(75)76)54(85)64-37(18-23-46(73)74)53(84)62-33(3)52(83)68-42(56(87)67-40(61(92)93)21-26-49(79)80)31-35-14-16-36(17-15-35)97-98(94,95)96/h5-7,10-11,14-17,32-33,37-44,51H,4,8-9,12-13,18-31H2,1-3H3,(H,62,84)(H,63,72)(H,64,85)(H,65,88)(H,66,86)(H,67,87)(H,68,83)(H,69,89)(H,73,74)(H,75,76)(H,77,78)(H,79,80)(H,81,82)(H,92,93)(H,94,95,96)/t32-,33-,37-,38-,39-,40+,41-,42-,43-,44-,51-/m0/s1. The maximum Gasteiger partial charge on any atom is 0.446 e. The third-order valence-corrected chi connectivity index (χ3v) is 16.4. The summed E-state index contributed by atoms with van der Waals surface area (Å²) in [5.41, 5.74) is 0.718. The van der Waals surface area contributed by atoms with Crippen molar-refractivity contribution in [3.8, 4) is 5.75 Å². The van der Waals surface area contributed by atoms with Gasteiger partial charge in [-0.2, -0.15) is 8.42 Å². The number of carboxylic acids is 6. The fourth-order valence-electron chi connectivity index (χ4n) is 10.6. The quantitative estimate of drug-likeness (QED) is 0.0320. The minimum atomic E-state index is -4.97. The van der Waals surface area contributed by atoms with Gasteiger partial charge < -0.3 is 87.2 Å². The summed E-state index contributed by atoms with van der Waals surface area (Å²) >= 11 is 0. The first-order valence-electron chi connectivity index (χ1n) is 31.2. The highest BCUT2D eigenvalue weighted by Gasteiger charge is 2.44. The van der Waals surface area contributed by atoms with E-state index in [1.54, 1.807) is 44.2 Å². The summed E-state index contributed by atoms with van der Waals surface area (Å²) in [7, 11) is -4.97. The SMILES string of the molecule is CC[C@H](C)[C@H](NC(=O)[C@@H]1CCCN1C(=O)[C@H](CCC(=O)O)NC(=O)[C@H](Cc1ccccc1)NC(=O)CCC(=O)O)C(=O)N1CCC[C@H]1C(=O)N[C@@H](CCC(=O)O)C(=O)N[C@@H](CCC(=O)O)C(=O)N[C@@H](C)C(=O)N[C@@H](Cc1ccc(OS(=O)(=O)O)cc1)C(=O)N[C@H](CCC(=O)O)C(=O)O. The fourth-order valence-corrected chi connectivity index (χ4v) is 11.0. The van der Waals surface area contributed by atoms with Crippen LogP contribution in [0.15, 0.2) is 54.6 Å². The molecular formula is C61H82N10O26S. The lowest BCUT2D eigenvalue weighted by Crippen LogP contribution is -2.61. The molecule has 0 bridgehead atoms. The van der Waals surface area contributed by atoms with Gasteiger partial charge in [0.05, 0.1) is 6.42 Å². The van der Waals surface area contributed by atoms with E-state index in [0.717, 1.165) is 28.9 Å². The highest BCUT2D eigenvalue weighted by molar-refractivity contribution is 7.81. The van der Waals surface area contributed by atoms with Crippen molar-refractivity contribution < 1.29 is 125 Å². The third kappa shape index (κ3) is 26.7. The van der Waals surface area contributed by atoms with Crippen molar-refractivity contribution in [2.45, 2.75) is 190 Å². The van der Waals surface area contributed by atoms with Crippen molar-refractivity contribution in [3.05, 3.63) is 65.7 Å². The van der Waals surface area contributed by atoms with Crippen molar-refractivity contribution in [3.63, 3.8) is 0 Å². The Hall–Kier alpha value is -10.3. The predicted molar refractivity (Wildman–Crippen MR) is 334 cm³/mol. The molecule has 0 unspecified atom stereocenters. The zero-order valence-electron chi connectivity index (χ0n) is 53.7. The van der Waals surface area contributed by atoms with Crippen LogP contribution in [-0.2, 0) is 100.0 Å². The summed E-state index contributed by atoms with van der Waals surface area (Å²) in [5.74, 6) is -19.7. The average Bonchev–Trinajstić information content (AvgIpc) is 1.60. The topological polar surface area (TPSA) is 561 Å². The fraction of sp³-hybridized carbons (Fsp3) is 0.541. The molecule has 15 N–H and O–H groups in total. The van der Waals surface area contributed by atoms with E-state index in [4.69, 9.17) is 14.8 Å². The molecule has 0 aromatic heterocycles. The number of hydrogen-bond acceptors (Lipinski definition) is 19. The summed E-state index contributed by atoms with van der Waals surface area (Å²) < 4.78 is 35.9. The van der Waals surface area contributed by atoms with Crippen LogP contribution < -0.4 is 46.7 Å². The number of carbonyl (C=O) groups excluding carboxylic acids is 10. The van der Waals surface area contributed by atoms with Crippen LogP contribution in [0.4, 0.5) is 0 Å². The first kappa shape index (κ1) is 80.1. The van der Waals surface area contributed by atoms with Crippen LogP contribution in [-0.4, -0.2) is 222 Å². The van der Waals surface area contributed by atoms with Crippen molar-refractivity contribution in [2.75, 3.05) is 13.1 Å². The van der Waals surface area contributed by atoms with E-state index in [2.05, 4.69) is 46.7 Å². The number of aliphatic carboxylic acids is 6. The van der Waals surface area contributed by atoms with E-state index in [0.29, 0.717) is 5.56 Å².